The normalized spacial score (nSPS) is 15.7. The predicted octanol–water partition coefficient (Wildman–Crippen LogP) is 3.48. The molecule has 8 heteroatoms. The van der Waals surface area contributed by atoms with E-state index in [0.29, 0.717) is 24.6 Å². The van der Waals surface area contributed by atoms with E-state index in [0.717, 1.165) is 29.9 Å². The molecule has 1 fully saturated rings. The molecule has 0 atom stereocenters. The molecule has 0 radical (unpaired) electrons. The highest BCUT2D eigenvalue weighted by atomic mass is 32.2. The summed E-state index contributed by atoms with van der Waals surface area (Å²) < 4.78 is 30.6. The van der Waals surface area contributed by atoms with Crippen LogP contribution in [-0.4, -0.2) is 34.3 Å². The van der Waals surface area contributed by atoms with Crippen LogP contribution in [0.5, 0.6) is 0 Å². The fourth-order valence-electron chi connectivity index (χ4n) is 3.70. The van der Waals surface area contributed by atoms with Crippen molar-refractivity contribution < 1.29 is 12.8 Å². The molecule has 7 nitrogen and oxygen atoms in total. The summed E-state index contributed by atoms with van der Waals surface area (Å²) in [6.07, 6.45) is 7.85. The predicted molar refractivity (Wildman–Crippen MR) is 101 cm³/mol. The molecule has 0 amide bonds. The van der Waals surface area contributed by atoms with Gasteiger partial charge in [-0.25, -0.2) is 18.4 Å². The molecule has 27 heavy (non-hydrogen) atoms. The number of rotatable bonds is 8. The molecule has 1 aliphatic rings. The maximum atomic E-state index is 12.5. The summed E-state index contributed by atoms with van der Waals surface area (Å²) in [5, 5.41) is 6.63. The van der Waals surface area contributed by atoms with E-state index >= 15 is 0 Å². The van der Waals surface area contributed by atoms with E-state index in [1.807, 2.05) is 24.3 Å². The molecule has 0 bridgehead atoms. The minimum absolute atomic E-state index is 0.0222. The maximum Gasteiger partial charge on any atom is 0.266 e. The van der Waals surface area contributed by atoms with E-state index in [9.17, 15) is 8.42 Å². The van der Waals surface area contributed by atoms with Gasteiger partial charge in [-0.05, 0) is 30.9 Å². The number of benzene rings is 1. The number of aromatic nitrogens is 4. The zero-order chi connectivity index (χ0) is 18.7. The van der Waals surface area contributed by atoms with Crippen molar-refractivity contribution in [1.29, 1.82) is 0 Å². The molecule has 0 unspecified atom stereocenters. The van der Waals surface area contributed by atoms with Gasteiger partial charge in [-0.3, -0.25) is 5.10 Å². The lowest BCUT2D eigenvalue weighted by Gasteiger charge is -2.05. The minimum Gasteiger partial charge on any atom is -0.441 e. The average Bonchev–Trinajstić information content (AvgIpc) is 3.39. The smallest absolute Gasteiger partial charge is 0.266 e. The minimum atomic E-state index is -3.50. The van der Waals surface area contributed by atoms with Crippen LogP contribution in [0.3, 0.4) is 0 Å². The molecular formula is C19H24N4O3S. The molecule has 4 rings (SSSR count). The first-order chi connectivity index (χ1) is 13.1. The fourth-order valence-corrected chi connectivity index (χ4v) is 4.84. The number of nitrogens with one attached hydrogen (secondary N) is 1. The maximum absolute atomic E-state index is 12.5. The van der Waals surface area contributed by atoms with Gasteiger partial charge in [0.25, 0.3) is 5.16 Å². The van der Waals surface area contributed by atoms with Gasteiger partial charge in [-0.2, -0.15) is 0 Å². The van der Waals surface area contributed by atoms with Gasteiger partial charge in [0, 0.05) is 12.8 Å². The Hall–Kier alpha value is -2.22. The molecule has 1 N–H and O–H groups in total. The van der Waals surface area contributed by atoms with E-state index in [-0.39, 0.29) is 10.9 Å². The third kappa shape index (κ3) is 4.37. The average molecular weight is 388 g/mol. The molecule has 2 heterocycles. The number of nitrogens with zero attached hydrogens (tertiary/aromatic N) is 3. The van der Waals surface area contributed by atoms with Crippen molar-refractivity contribution in [1.82, 2.24) is 20.2 Å². The van der Waals surface area contributed by atoms with Crippen molar-refractivity contribution in [2.45, 2.75) is 56.5 Å². The lowest BCUT2D eigenvalue weighted by Crippen LogP contribution is -2.10. The van der Waals surface area contributed by atoms with E-state index < -0.39 is 9.84 Å². The molecule has 1 aromatic carbocycles. The second kappa shape index (κ2) is 7.80. The van der Waals surface area contributed by atoms with Crippen LogP contribution in [0.4, 0.5) is 0 Å². The number of fused-ring (bicyclic) bond motifs is 1. The van der Waals surface area contributed by atoms with Crippen LogP contribution in [0.15, 0.2) is 33.8 Å². The molecule has 1 aliphatic carbocycles. The van der Waals surface area contributed by atoms with Crippen LogP contribution in [0.25, 0.3) is 11.1 Å². The summed E-state index contributed by atoms with van der Waals surface area (Å²) in [7, 11) is -3.50. The van der Waals surface area contributed by atoms with Crippen LogP contribution in [-0.2, 0) is 22.7 Å². The molecule has 3 aromatic rings. The van der Waals surface area contributed by atoms with E-state index in [1.54, 1.807) is 0 Å². The van der Waals surface area contributed by atoms with Crippen LogP contribution in [0.2, 0.25) is 0 Å². The van der Waals surface area contributed by atoms with Gasteiger partial charge in [-0.15, -0.1) is 5.10 Å². The van der Waals surface area contributed by atoms with Crippen molar-refractivity contribution in [3.05, 3.63) is 36.0 Å². The fraction of sp³-hybridized carbons (Fsp3) is 0.526. The van der Waals surface area contributed by atoms with Crippen molar-refractivity contribution in [2.24, 2.45) is 5.92 Å². The van der Waals surface area contributed by atoms with Crippen LogP contribution < -0.4 is 0 Å². The molecular weight excluding hydrogens is 364 g/mol. The Balaban J connectivity index is 1.31. The Kier molecular flexibility index (Phi) is 5.24. The number of aromatic amines is 1. The first-order valence-corrected chi connectivity index (χ1v) is 11.2. The van der Waals surface area contributed by atoms with Crippen molar-refractivity contribution in [3.8, 4) is 0 Å². The molecule has 1 saturated carbocycles. The number of sulfone groups is 1. The number of hydrogen-bond acceptors (Lipinski definition) is 6. The summed E-state index contributed by atoms with van der Waals surface area (Å²) in [4.78, 5) is 8.58. The summed E-state index contributed by atoms with van der Waals surface area (Å²) in [5.41, 5.74) is 1.51. The lowest BCUT2D eigenvalue weighted by molar-refractivity contribution is 0.497. The number of hydrogen-bond donors (Lipinski definition) is 1. The first-order valence-electron chi connectivity index (χ1n) is 9.59. The Labute approximate surface area is 158 Å². The zero-order valence-corrected chi connectivity index (χ0v) is 16.0. The number of para-hydroxylation sites is 2. The summed E-state index contributed by atoms with van der Waals surface area (Å²) in [5.74, 6) is 1.94. The van der Waals surface area contributed by atoms with Gasteiger partial charge in [0.05, 0.1) is 5.75 Å². The number of H-pyrrole nitrogens is 1. The Morgan fingerprint density at radius 1 is 1.11 bits per heavy atom. The van der Waals surface area contributed by atoms with Crippen molar-refractivity contribution in [2.75, 3.05) is 5.75 Å². The summed E-state index contributed by atoms with van der Waals surface area (Å²) >= 11 is 0. The van der Waals surface area contributed by atoms with E-state index in [2.05, 4.69) is 20.2 Å². The highest BCUT2D eigenvalue weighted by Gasteiger charge is 2.21. The molecule has 0 spiro atoms. The summed E-state index contributed by atoms with van der Waals surface area (Å²) in [6, 6.07) is 7.51. The van der Waals surface area contributed by atoms with Crippen LogP contribution in [0, 0.1) is 5.92 Å². The third-order valence-electron chi connectivity index (χ3n) is 5.20. The zero-order valence-electron chi connectivity index (χ0n) is 15.2. The van der Waals surface area contributed by atoms with Gasteiger partial charge in [-0.1, -0.05) is 37.8 Å². The quantitative estimate of drug-likeness (QED) is 0.634. The van der Waals surface area contributed by atoms with Gasteiger partial charge in [0.2, 0.25) is 9.84 Å². The van der Waals surface area contributed by atoms with Crippen molar-refractivity contribution >= 4 is 20.9 Å². The van der Waals surface area contributed by atoms with Gasteiger partial charge in [0.1, 0.15) is 11.3 Å². The van der Waals surface area contributed by atoms with E-state index in [1.165, 1.54) is 25.7 Å². The Morgan fingerprint density at radius 2 is 1.93 bits per heavy atom. The third-order valence-corrected chi connectivity index (χ3v) is 6.76. The first kappa shape index (κ1) is 18.2. The SMILES string of the molecule is O=S(=O)(CCCc1nc2ccccc2o1)c1n[nH]c(CCC2CCCC2)n1. The molecule has 144 valence electrons. The highest BCUT2D eigenvalue weighted by Crippen LogP contribution is 2.28. The monoisotopic (exact) mass is 388 g/mol. The molecule has 2 aromatic heterocycles. The number of aryl methyl sites for hydroxylation is 2. The topological polar surface area (TPSA) is 102 Å². The largest absolute Gasteiger partial charge is 0.441 e. The van der Waals surface area contributed by atoms with E-state index in [4.69, 9.17) is 4.42 Å². The van der Waals surface area contributed by atoms with Crippen LogP contribution in [0.1, 0.15) is 50.2 Å². The molecule has 0 aliphatic heterocycles. The van der Waals surface area contributed by atoms with Crippen molar-refractivity contribution in [3.63, 3.8) is 0 Å². The lowest BCUT2D eigenvalue weighted by atomic mass is 10.0. The van der Waals surface area contributed by atoms with Gasteiger partial charge in [0.15, 0.2) is 11.5 Å². The molecule has 0 saturated heterocycles. The second-order valence-electron chi connectivity index (χ2n) is 7.25. The summed E-state index contributed by atoms with van der Waals surface area (Å²) in [6.45, 7) is 0. The van der Waals surface area contributed by atoms with Gasteiger partial charge >= 0.3 is 0 Å². The number of oxazole rings is 1. The second-order valence-corrected chi connectivity index (χ2v) is 9.25. The standard InChI is InChI=1S/C19H24N4O3S/c24-27(25,13-5-10-18-20-15-8-3-4-9-16(15)26-18)19-21-17(22-23-19)12-11-14-6-1-2-7-14/h3-4,8-9,14H,1-2,5-7,10-13H2,(H,21,22,23). The Morgan fingerprint density at radius 3 is 2.74 bits per heavy atom. The highest BCUT2D eigenvalue weighted by molar-refractivity contribution is 7.91. The van der Waals surface area contributed by atoms with Crippen LogP contribution >= 0.6 is 0 Å². The Bertz CT molecular complexity index is 970. The van der Waals surface area contributed by atoms with Gasteiger partial charge < -0.3 is 4.42 Å².